The Balaban J connectivity index is 2.01. The maximum Gasteiger partial charge on any atom is 0.123 e. The van der Waals surface area contributed by atoms with Gasteiger partial charge in [0.2, 0.25) is 0 Å². The average molecular weight is 252 g/mol. The predicted molar refractivity (Wildman–Crippen MR) is 80.0 cm³/mol. The van der Waals surface area contributed by atoms with Crippen LogP contribution in [-0.4, -0.2) is 6.29 Å². The van der Waals surface area contributed by atoms with Gasteiger partial charge in [-0.1, -0.05) is 61.5 Å². The van der Waals surface area contributed by atoms with E-state index in [-0.39, 0.29) is 5.92 Å². The Morgan fingerprint density at radius 3 is 2.16 bits per heavy atom. The molecule has 0 fully saturated rings. The highest BCUT2D eigenvalue weighted by atomic mass is 16.1. The van der Waals surface area contributed by atoms with Gasteiger partial charge in [-0.2, -0.15) is 0 Å². The Kier molecular flexibility index (Phi) is 4.91. The molecule has 0 aliphatic carbocycles. The summed E-state index contributed by atoms with van der Waals surface area (Å²) in [6, 6.07) is 19.0. The van der Waals surface area contributed by atoms with E-state index in [1.807, 2.05) is 6.07 Å². The summed E-state index contributed by atoms with van der Waals surface area (Å²) in [4.78, 5) is 10.8. The van der Waals surface area contributed by atoms with Gasteiger partial charge in [0.1, 0.15) is 6.29 Å². The first-order chi connectivity index (χ1) is 9.33. The molecule has 2 rings (SSSR count). The minimum Gasteiger partial charge on any atom is -0.303 e. The highest BCUT2D eigenvalue weighted by Gasteiger charge is 2.04. The van der Waals surface area contributed by atoms with Crippen LogP contribution in [0.5, 0.6) is 0 Å². The van der Waals surface area contributed by atoms with Crippen LogP contribution in [0.1, 0.15) is 25.3 Å². The van der Waals surface area contributed by atoms with E-state index in [1.54, 1.807) is 0 Å². The molecule has 0 radical (unpaired) electrons. The van der Waals surface area contributed by atoms with Crippen molar-refractivity contribution in [3.8, 4) is 11.1 Å². The number of hydrogen-bond acceptors (Lipinski definition) is 1. The number of aryl methyl sites for hydroxylation is 1. The fourth-order valence-corrected chi connectivity index (χ4v) is 2.21. The molecule has 19 heavy (non-hydrogen) atoms. The minimum atomic E-state index is 0.203. The molecule has 0 aliphatic rings. The third-order valence-corrected chi connectivity index (χ3v) is 3.58. The van der Waals surface area contributed by atoms with Gasteiger partial charge in [-0.15, -0.1) is 0 Å². The first-order valence-electron chi connectivity index (χ1n) is 6.93. The fraction of sp³-hybridized carbons (Fsp3) is 0.278. The molecule has 0 spiro atoms. The van der Waals surface area contributed by atoms with Crippen molar-refractivity contribution in [3.05, 3.63) is 60.2 Å². The lowest BCUT2D eigenvalue weighted by atomic mass is 9.97. The molecule has 0 aliphatic heterocycles. The van der Waals surface area contributed by atoms with Gasteiger partial charge in [0, 0.05) is 5.92 Å². The van der Waals surface area contributed by atoms with Gasteiger partial charge in [0.15, 0.2) is 0 Å². The highest BCUT2D eigenvalue weighted by Crippen LogP contribution is 2.20. The number of carbonyl (C=O) groups excluding carboxylic acids is 1. The van der Waals surface area contributed by atoms with Gasteiger partial charge in [0.05, 0.1) is 0 Å². The molecule has 2 aromatic carbocycles. The second-order valence-corrected chi connectivity index (χ2v) is 4.91. The quantitative estimate of drug-likeness (QED) is 0.691. The van der Waals surface area contributed by atoms with Crippen LogP contribution in [-0.2, 0) is 11.2 Å². The third-order valence-electron chi connectivity index (χ3n) is 3.58. The number of carbonyl (C=O) groups is 1. The van der Waals surface area contributed by atoms with Crippen LogP contribution < -0.4 is 0 Å². The van der Waals surface area contributed by atoms with Crippen LogP contribution in [0.25, 0.3) is 11.1 Å². The maximum absolute atomic E-state index is 10.8. The summed E-state index contributed by atoms with van der Waals surface area (Å²) in [6.07, 6.45) is 3.95. The van der Waals surface area contributed by atoms with E-state index < -0.39 is 0 Å². The van der Waals surface area contributed by atoms with E-state index >= 15 is 0 Å². The lowest BCUT2D eigenvalue weighted by molar-refractivity contribution is -0.111. The molecule has 0 saturated carbocycles. The normalized spacial score (nSPS) is 12.1. The van der Waals surface area contributed by atoms with Gasteiger partial charge in [-0.25, -0.2) is 0 Å². The molecule has 0 saturated heterocycles. The van der Waals surface area contributed by atoms with Gasteiger partial charge in [-0.3, -0.25) is 0 Å². The number of aldehydes is 1. The van der Waals surface area contributed by atoms with Gasteiger partial charge < -0.3 is 4.79 Å². The van der Waals surface area contributed by atoms with Crippen molar-refractivity contribution in [2.75, 3.05) is 0 Å². The van der Waals surface area contributed by atoms with Gasteiger partial charge in [-0.05, 0) is 36.0 Å². The molecule has 0 bridgehead atoms. The first kappa shape index (κ1) is 13.5. The molecular weight excluding hydrogens is 232 g/mol. The van der Waals surface area contributed by atoms with E-state index in [4.69, 9.17) is 0 Å². The predicted octanol–water partition coefficient (Wildman–Crippen LogP) is 4.51. The number of benzene rings is 2. The molecule has 1 nitrogen and oxygen atoms in total. The number of hydrogen-bond donors (Lipinski definition) is 0. The summed E-state index contributed by atoms with van der Waals surface area (Å²) in [5.74, 6) is 0.203. The second-order valence-electron chi connectivity index (χ2n) is 4.91. The van der Waals surface area contributed by atoms with Crippen molar-refractivity contribution in [3.63, 3.8) is 0 Å². The van der Waals surface area contributed by atoms with Crippen molar-refractivity contribution < 1.29 is 4.79 Å². The molecule has 98 valence electrons. The van der Waals surface area contributed by atoms with E-state index in [0.717, 1.165) is 25.5 Å². The van der Waals surface area contributed by atoms with Crippen molar-refractivity contribution in [1.29, 1.82) is 0 Å². The maximum atomic E-state index is 10.8. The topological polar surface area (TPSA) is 17.1 Å². The monoisotopic (exact) mass is 252 g/mol. The fourth-order valence-electron chi connectivity index (χ4n) is 2.21. The summed E-state index contributed by atoms with van der Waals surface area (Å²) >= 11 is 0. The lowest BCUT2D eigenvalue weighted by Crippen LogP contribution is -2.01. The zero-order chi connectivity index (χ0) is 13.5. The summed E-state index contributed by atoms with van der Waals surface area (Å²) < 4.78 is 0. The highest BCUT2D eigenvalue weighted by molar-refractivity contribution is 5.63. The largest absolute Gasteiger partial charge is 0.303 e. The molecule has 0 N–H and O–H groups in total. The SMILES string of the molecule is CCC(C=O)CCc1ccc(-c2ccccc2)cc1. The smallest absolute Gasteiger partial charge is 0.123 e. The van der Waals surface area contributed by atoms with Crippen molar-refractivity contribution in [2.24, 2.45) is 5.92 Å². The van der Waals surface area contributed by atoms with E-state index in [0.29, 0.717) is 0 Å². The zero-order valence-corrected chi connectivity index (χ0v) is 11.4. The van der Waals surface area contributed by atoms with Gasteiger partial charge in [0.25, 0.3) is 0 Å². The number of rotatable bonds is 6. The van der Waals surface area contributed by atoms with Crippen LogP contribution in [0, 0.1) is 5.92 Å². The Hall–Kier alpha value is -1.89. The Bertz CT molecular complexity index is 499. The first-order valence-corrected chi connectivity index (χ1v) is 6.93. The molecule has 0 heterocycles. The van der Waals surface area contributed by atoms with Crippen LogP contribution in [0.2, 0.25) is 0 Å². The molecule has 1 atom stereocenters. The Labute approximate surface area is 115 Å². The molecule has 1 unspecified atom stereocenters. The van der Waals surface area contributed by atoms with E-state index in [9.17, 15) is 4.79 Å². The lowest BCUT2D eigenvalue weighted by Gasteiger charge is -2.08. The van der Waals surface area contributed by atoms with Crippen molar-refractivity contribution in [1.82, 2.24) is 0 Å². The average Bonchev–Trinajstić information content (AvgIpc) is 2.50. The second kappa shape index (κ2) is 6.89. The molecular formula is C18H20O. The van der Waals surface area contributed by atoms with E-state index in [1.165, 1.54) is 16.7 Å². The minimum absolute atomic E-state index is 0.203. The Morgan fingerprint density at radius 1 is 0.947 bits per heavy atom. The summed E-state index contributed by atoms with van der Waals surface area (Å²) in [5, 5.41) is 0. The molecule has 0 aromatic heterocycles. The third kappa shape index (κ3) is 3.78. The molecule has 0 amide bonds. The van der Waals surface area contributed by atoms with Crippen molar-refractivity contribution in [2.45, 2.75) is 26.2 Å². The van der Waals surface area contributed by atoms with Crippen LogP contribution in [0.15, 0.2) is 54.6 Å². The van der Waals surface area contributed by atoms with Crippen LogP contribution in [0.3, 0.4) is 0 Å². The summed E-state index contributed by atoms with van der Waals surface area (Å²) in [6.45, 7) is 2.07. The van der Waals surface area contributed by atoms with Gasteiger partial charge >= 0.3 is 0 Å². The van der Waals surface area contributed by atoms with Crippen molar-refractivity contribution >= 4 is 6.29 Å². The zero-order valence-electron chi connectivity index (χ0n) is 11.4. The molecule has 2 aromatic rings. The summed E-state index contributed by atoms with van der Waals surface area (Å²) in [5.41, 5.74) is 3.79. The van der Waals surface area contributed by atoms with Crippen LogP contribution >= 0.6 is 0 Å². The standard InChI is InChI=1S/C18H20O/c1-2-15(14-19)8-9-16-10-12-18(13-11-16)17-6-4-3-5-7-17/h3-7,10-15H,2,8-9H2,1H3. The Morgan fingerprint density at radius 2 is 1.58 bits per heavy atom. The van der Waals surface area contributed by atoms with Crippen LogP contribution in [0.4, 0.5) is 0 Å². The van der Waals surface area contributed by atoms with E-state index in [2.05, 4.69) is 55.5 Å². The molecule has 1 heteroatoms. The summed E-state index contributed by atoms with van der Waals surface area (Å²) in [7, 11) is 0.